The van der Waals surface area contributed by atoms with E-state index in [0.29, 0.717) is 0 Å². The molecule has 0 aliphatic rings. The monoisotopic (exact) mass is 246 g/mol. The summed E-state index contributed by atoms with van der Waals surface area (Å²) in [5, 5.41) is 0. The molecule has 0 atom stereocenters. The third kappa shape index (κ3) is 1.74. The predicted molar refractivity (Wildman–Crippen MR) is 68.8 cm³/mol. The quantitative estimate of drug-likeness (QED) is 0.689. The lowest BCUT2D eigenvalue weighted by Gasteiger charge is -1.87. The number of aromatic amines is 1. The average Bonchev–Trinajstić information content (AvgIpc) is 2.83. The minimum Gasteiger partial charge on any atom is -0.337 e. The summed E-state index contributed by atoms with van der Waals surface area (Å²) >= 11 is 1.70. The summed E-state index contributed by atoms with van der Waals surface area (Å²) in [5.41, 5.74) is 2.80. The van der Waals surface area contributed by atoms with Crippen molar-refractivity contribution in [3.8, 4) is 10.7 Å². The minimum absolute atomic E-state index is 0.244. The van der Waals surface area contributed by atoms with E-state index in [1.54, 1.807) is 17.4 Å². The van der Waals surface area contributed by atoms with Crippen LogP contribution in [0.25, 0.3) is 21.7 Å². The van der Waals surface area contributed by atoms with E-state index in [9.17, 15) is 4.39 Å². The molecule has 3 aromatic rings. The number of H-pyrrole nitrogens is 1. The second-order valence-corrected chi connectivity index (χ2v) is 5.35. The number of imidazole rings is 1. The molecule has 0 bridgehead atoms. The van der Waals surface area contributed by atoms with Gasteiger partial charge >= 0.3 is 0 Å². The first-order chi connectivity index (χ1) is 8.13. The summed E-state index contributed by atoms with van der Waals surface area (Å²) in [7, 11) is 0. The van der Waals surface area contributed by atoms with E-state index in [1.807, 2.05) is 0 Å². The first-order valence-electron chi connectivity index (χ1n) is 5.36. The van der Waals surface area contributed by atoms with Gasteiger partial charge in [0.05, 0.1) is 15.9 Å². The van der Waals surface area contributed by atoms with E-state index < -0.39 is 0 Å². The van der Waals surface area contributed by atoms with Gasteiger partial charge in [-0.25, -0.2) is 9.37 Å². The summed E-state index contributed by atoms with van der Waals surface area (Å²) in [6.45, 7) is 4.17. The van der Waals surface area contributed by atoms with Crippen LogP contribution in [0.15, 0.2) is 24.3 Å². The van der Waals surface area contributed by atoms with Crippen LogP contribution in [0.1, 0.15) is 10.4 Å². The molecule has 2 aromatic heterocycles. The van der Waals surface area contributed by atoms with Gasteiger partial charge in [-0.3, -0.25) is 0 Å². The number of nitrogens with one attached hydrogen (secondary N) is 1. The molecule has 2 nitrogen and oxygen atoms in total. The Bertz CT molecular complexity index is 677. The highest BCUT2D eigenvalue weighted by Crippen LogP contribution is 2.30. The molecule has 0 radical (unpaired) electrons. The molecule has 0 saturated heterocycles. The number of nitrogens with zero attached hydrogens (tertiary/aromatic N) is 1. The number of benzene rings is 1. The van der Waals surface area contributed by atoms with E-state index in [4.69, 9.17) is 0 Å². The highest BCUT2D eigenvalue weighted by molar-refractivity contribution is 7.15. The molecule has 2 heterocycles. The number of aromatic nitrogens is 2. The van der Waals surface area contributed by atoms with Crippen molar-refractivity contribution < 1.29 is 4.39 Å². The zero-order chi connectivity index (χ0) is 12.0. The molecule has 0 amide bonds. The molecule has 0 aliphatic carbocycles. The van der Waals surface area contributed by atoms with E-state index in [1.165, 1.54) is 22.6 Å². The third-order valence-electron chi connectivity index (χ3n) is 2.84. The molecule has 3 rings (SSSR count). The van der Waals surface area contributed by atoms with Gasteiger partial charge in [0.1, 0.15) is 11.6 Å². The highest BCUT2D eigenvalue weighted by Gasteiger charge is 2.09. The molecule has 0 unspecified atom stereocenters. The molecule has 86 valence electrons. The van der Waals surface area contributed by atoms with Crippen molar-refractivity contribution in [1.29, 1.82) is 0 Å². The number of aryl methyl sites for hydroxylation is 2. The lowest BCUT2D eigenvalue weighted by Crippen LogP contribution is -1.73. The van der Waals surface area contributed by atoms with Crippen LogP contribution in [0, 0.1) is 19.7 Å². The van der Waals surface area contributed by atoms with Crippen molar-refractivity contribution in [1.82, 2.24) is 9.97 Å². The Morgan fingerprint density at radius 1 is 1.24 bits per heavy atom. The normalized spacial score (nSPS) is 11.2. The van der Waals surface area contributed by atoms with Gasteiger partial charge in [0.2, 0.25) is 0 Å². The third-order valence-corrected chi connectivity index (χ3v) is 4.00. The zero-order valence-electron chi connectivity index (χ0n) is 9.54. The van der Waals surface area contributed by atoms with Crippen LogP contribution in [0.3, 0.4) is 0 Å². The van der Waals surface area contributed by atoms with Gasteiger partial charge < -0.3 is 4.98 Å². The first kappa shape index (κ1) is 10.5. The number of halogens is 1. The van der Waals surface area contributed by atoms with Gasteiger partial charge in [-0.2, -0.15) is 0 Å². The molecule has 0 fully saturated rings. The summed E-state index contributed by atoms with van der Waals surface area (Å²) in [4.78, 5) is 10.00. The maximum Gasteiger partial charge on any atom is 0.148 e. The maximum atomic E-state index is 13.1. The first-order valence-corrected chi connectivity index (χ1v) is 6.18. The molecule has 0 saturated carbocycles. The Kier molecular flexibility index (Phi) is 2.26. The number of thiophene rings is 1. The van der Waals surface area contributed by atoms with Gasteiger partial charge in [0.15, 0.2) is 0 Å². The van der Waals surface area contributed by atoms with E-state index >= 15 is 0 Å². The number of fused-ring (bicyclic) bond motifs is 1. The predicted octanol–water partition coefficient (Wildman–Crippen LogP) is 4.05. The fourth-order valence-electron chi connectivity index (χ4n) is 1.79. The molecule has 0 spiro atoms. The Hall–Kier alpha value is -1.68. The molecule has 1 N–H and O–H groups in total. The van der Waals surface area contributed by atoms with Crippen molar-refractivity contribution in [2.24, 2.45) is 0 Å². The lowest BCUT2D eigenvalue weighted by molar-refractivity contribution is 0.629. The average molecular weight is 246 g/mol. The van der Waals surface area contributed by atoms with Crippen LogP contribution in [0.4, 0.5) is 4.39 Å². The maximum absolute atomic E-state index is 13.1. The van der Waals surface area contributed by atoms with Crippen LogP contribution in [0.5, 0.6) is 0 Å². The summed E-state index contributed by atoms with van der Waals surface area (Å²) in [6.07, 6.45) is 0. The van der Waals surface area contributed by atoms with Crippen LogP contribution >= 0.6 is 11.3 Å². The zero-order valence-corrected chi connectivity index (χ0v) is 10.4. The van der Waals surface area contributed by atoms with Crippen LogP contribution < -0.4 is 0 Å². The minimum atomic E-state index is -0.244. The van der Waals surface area contributed by atoms with E-state index in [0.717, 1.165) is 21.7 Å². The molecule has 17 heavy (non-hydrogen) atoms. The topological polar surface area (TPSA) is 28.7 Å². The van der Waals surface area contributed by atoms with Crippen molar-refractivity contribution in [2.75, 3.05) is 0 Å². The van der Waals surface area contributed by atoms with Gasteiger partial charge in [-0.1, -0.05) is 0 Å². The number of rotatable bonds is 1. The van der Waals surface area contributed by atoms with Crippen LogP contribution in [-0.2, 0) is 0 Å². The molecule has 0 aliphatic heterocycles. The van der Waals surface area contributed by atoms with Crippen molar-refractivity contribution in [3.05, 3.63) is 40.5 Å². The Balaban J connectivity index is 2.17. The fourth-order valence-corrected chi connectivity index (χ4v) is 2.77. The van der Waals surface area contributed by atoms with Gasteiger partial charge in [0, 0.05) is 4.88 Å². The molecule has 1 aromatic carbocycles. The van der Waals surface area contributed by atoms with Crippen LogP contribution in [-0.4, -0.2) is 9.97 Å². The largest absolute Gasteiger partial charge is 0.337 e. The van der Waals surface area contributed by atoms with Crippen LogP contribution in [0.2, 0.25) is 0 Å². The van der Waals surface area contributed by atoms with Gasteiger partial charge in [0.25, 0.3) is 0 Å². The van der Waals surface area contributed by atoms with E-state index in [2.05, 4.69) is 29.9 Å². The van der Waals surface area contributed by atoms with Crippen molar-refractivity contribution >= 4 is 22.4 Å². The highest BCUT2D eigenvalue weighted by atomic mass is 32.1. The lowest BCUT2D eigenvalue weighted by atomic mass is 10.3. The summed E-state index contributed by atoms with van der Waals surface area (Å²) < 4.78 is 13.1. The SMILES string of the molecule is Cc1cc(-c2nc3ccc(F)cc3[nH]2)sc1C. The molecule has 4 heteroatoms. The van der Waals surface area contributed by atoms with Crippen molar-refractivity contribution in [2.45, 2.75) is 13.8 Å². The second-order valence-electron chi connectivity index (χ2n) is 4.10. The molecular weight excluding hydrogens is 235 g/mol. The number of hydrogen-bond acceptors (Lipinski definition) is 2. The second kappa shape index (κ2) is 3.67. The summed E-state index contributed by atoms with van der Waals surface area (Å²) in [6, 6.07) is 6.70. The van der Waals surface area contributed by atoms with E-state index in [-0.39, 0.29) is 5.82 Å². The fraction of sp³-hybridized carbons (Fsp3) is 0.154. The standard InChI is InChI=1S/C13H11FN2S/c1-7-5-12(17-8(7)2)13-15-10-4-3-9(14)6-11(10)16-13/h3-6H,1-2H3,(H,15,16). The smallest absolute Gasteiger partial charge is 0.148 e. The number of hydrogen-bond donors (Lipinski definition) is 1. The molecular formula is C13H11FN2S. The Labute approximate surface area is 102 Å². The van der Waals surface area contributed by atoms with Gasteiger partial charge in [-0.05, 0) is 43.7 Å². The van der Waals surface area contributed by atoms with Crippen molar-refractivity contribution in [3.63, 3.8) is 0 Å². The summed E-state index contributed by atoms with van der Waals surface area (Å²) in [5.74, 6) is 0.568. The van der Waals surface area contributed by atoms with Gasteiger partial charge in [-0.15, -0.1) is 11.3 Å². The Morgan fingerprint density at radius 2 is 2.06 bits per heavy atom. The Morgan fingerprint density at radius 3 is 2.76 bits per heavy atom.